The third-order valence-electron chi connectivity index (χ3n) is 4.81. The number of fused-ring (bicyclic) bond motifs is 1. The van der Waals surface area contributed by atoms with Gasteiger partial charge in [-0.25, -0.2) is 4.98 Å². The maximum Gasteiger partial charge on any atom is 0.306 e. The molecular weight excluding hydrogens is 336 g/mol. The molecule has 1 aliphatic heterocycles. The highest BCUT2D eigenvalue weighted by Crippen LogP contribution is 2.30. The summed E-state index contributed by atoms with van der Waals surface area (Å²) in [6, 6.07) is 7.91. The Morgan fingerprint density at radius 3 is 2.80 bits per heavy atom. The average Bonchev–Trinajstić information content (AvgIpc) is 3.24. The summed E-state index contributed by atoms with van der Waals surface area (Å²) in [5.74, 6) is -0.896. The maximum absolute atomic E-state index is 11.2. The number of nitrogens with two attached hydrogens (primary N) is 1. The van der Waals surface area contributed by atoms with E-state index in [4.69, 9.17) is 10.7 Å². The monoisotopic (exact) mass is 356 g/mol. The van der Waals surface area contributed by atoms with Crippen molar-refractivity contribution in [1.82, 2.24) is 14.3 Å². The summed E-state index contributed by atoms with van der Waals surface area (Å²) < 4.78 is 2.06. The van der Waals surface area contributed by atoms with Gasteiger partial charge in [-0.2, -0.15) is 0 Å². The minimum absolute atomic E-state index is 0.217. The molecule has 1 aliphatic rings. The van der Waals surface area contributed by atoms with Crippen LogP contribution in [0.3, 0.4) is 0 Å². The van der Waals surface area contributed by atoms with Crippen LogP contribution in [-0.2, 0) is 11.3 Å². The van der Waals surface area contributed by atoms with Gasteiger partial charge in [0.2, 0.25) is 0 Å². The Morgan fingerprint density at radius 1 is 1.32 bits per heavy atom. The Hall–Kier alpha value is -2.38. The van der Waals surface area contributed by atoms with Gasteiger partial charge >= 0.3 is 5.97 Å². The van der Waals surface area contributed by atoms with E-state index < -0.39 is 5.97 Å². The van der Waals surface area contributed by atoms with Crippen LogP contribution in [0.4, 0.5) is 5.69 Å². The van der Waals surface area contributed by atoms with E-state index in [0.29, 0.717) is 18.5 Å². The van der Waals surface area contributed by atoms with Gasteiger partial charge in [0.05, 0.1) is 16.5 Å². The number of imidazole rings is 1. The molecule has 0 amide bonds. The van der Waals surface area contributed by atoms with Crippen molar-refractivity contribution in [3.8, 4) is 10.6 Å². The minimum Gasteiger partial charge on any atom is -0.481 e. The first-order valence-electron chi connectivity index (χ1n) is 8.37. The van der Waals surface area contributed by atoms with Crippen molar-refractivity contribution in [3.63, 3.8) is 0 Å². The van der Waals surface area contributed by atoms with Gasteiger partial charge < -0.3 is 10.8 Å². The number of rotatable bonds is 4. The highest BCUT2D eigenvalue weighted by atomic mass is 32.1. The molecule has 3 aromatic heterocycles. The second kappa shape index (κ2) is 6.50. The zero-order valence-electron chi connectivity index (χ0n) is 13.8. The van der Waals surface area contributed by atoms with Gasteiger partial charge in [-0.05, 0) is 49.5 Å². The number of aromatic nitrogens is 2. The zero-order chi connectivity index (χ0) is 17.4. The molecule has 3 aromatic rings. The number of nitrogen functional groups attached to an aromatic ring is 1. The summed E-state index contributed by atoms with van der Waals surface area (Å²) in [7, 11) is 0. The number of piperidine rings is 1. The van der Waals surface area contributed by atoms with E-state index in [1.54, 1.807) is 11.3 Å². The summed E-state index contributed by atoms with van der Waals surface area (Å²) in [4.78, 5) is 19.4. The number of carboxylic acid groups (broad SMARTS) is 1. The number of aliphatic carboxylic acids is 1. The van der Waals surface area contributed by atoms with Crippen molar-refractivity contribution in [2.75, 3.05) is 18.8 Å². The van der Waals surface area contributed by atoms with E-state index in [1.165, 1.54) is 0 Å². The first-order chi connectivity index (χ1) is 12.1. The maximum atomic E-state index is 11.2. The number of hydrogen-bond donors (Lipinski definition) is 2. The second-order valence-corrected chi connectivity index (χ2v) is 7.41. The molecule has 0 aliphatic carbocycles. The van der Waals surface area contributed by atoms with Crippen molar-refractivity contribution in [2.45, 2.75) is 19.4 Å². The van der Waals surface area contributed by atoms with Crippen LogP contribution in [-0.4, -0.2) is 38.4 Å². The SMILES string of the molecule is Nc1ccc2nc(-c3cccs3)c(CN3CCC(C(=O)O)CC3)n2c1. The van der Waals surface area contributed by atoms with E-state index in [0.717, 1.165) is 41.5 Å². The van der Waals surface area contributed by atoms with Crippen molar-refractivity contribution in [2.24, 2.45) is 5.92 Å². The van der Waals surface area contributed by atoms with E-state index in [2.05, 4.69) is 20.7 Å². The smallest absolute Gasteiger partial charge is 0.306 e. The molecule has 6 nitrogen and oxygen atoms in total. The number of anilines is 1. The Morgan fingerprint density at radius 2 is 2.12 bits per heavy atom. The van der Waals surface area contributed by atoms with E-state index in [-0.39, 0.29) is 5.92 Å². The Kier molecular flexibility index (Phi) is 4.19. The first kappa shape index (κ1) is 16.1. The fourth-order valence-electron chi connectivity index (χ4n) is 3.42. The van der Waals surface area contributed by atoms with Crippen LogP contribution in [0.2, 0.25) is 0 Å². The van der Waals surface area contributed by atoms with Gasteiger partial charge in [-0.3, -0.25) is 14.1 Å². The molecule has 1 saturated heterocycles. The molecule has 1 fully saturated rings. The molecule has 25 heavy (non-hydrogen) atoms. The molecule has 4 heterocycles. The largest absolute Gasteiger partial charge is 0.481 e. The number of likely N-dealkylation sites (tertiary alicyclic amines) is 1. The summed E-state index contributed by atoms with van der Waals surface area (Å²) in [6.45, 7) is 2.32. The van der Waals surface area contributed by atoms with Crippen molar-refractivity contribution < 1.29 is 9.90 Å². The van der Waals surface area contributed by atoms with E-state index in [1.807, 2.05) is 24.4 Å². The lowest BCUT2D eigenvalue weighted by atomic mass is 9.97. The van der Waals surface area contributed by atoms with Gasteiger partial charge in [-0.1, -0.05) is 6.07 Å². The van der Waals surface area contributed by atoms with Crippen molar-refractivity contribution >= 4 is 28.6 Å². The molecule has 4 rings (SSSR count). The fraction of sp³-hybridized carbons (Fsp3) is 0.333. The molecule has 0 spiro atoms. The predicted octanol–water partition coefficient (Wildman–Crippen LogP) is 2.94. The normalized spacial score (nSPS) is 16.5. The predicted molar refractivity (Wildman–Crippen MR) is 98.6 cm³/mol. The molecule has 0 radical (unpaired) electrons. The highest BCUT2D eigenvalue weighted by Gasteiger charge is 2.26. The fourth-order valence-corrected chi connectivity index (χ4v) is 4.16. The number of carbonyl (C=O) groups is 1. The first-order valence-corrected chi connectivity index (χ1v) is 9.25. The number of nitrogens with zero attached hydrogens (tertiary/aromatic N) is 3. The molecule has 0 unspecified atom stereocenters. The Labute approximate surface area is 149 Å². The van der Waals surface area contributed by atoms with Gasteiger partial charge in [0, 0.05) is 18.4 Å². The Bertz CT molecular complexity index is 895. The molecule has 0 bridgehead atoms. The van der Waals surface area contributed by atoms with Crippen LogP contribution in [0.5, 0.6) is 0 Å². The minimum atomic E-state index is -0.679. The summed E-state index contributed by atoms with van der Waals surface area (Å²) >= 11 is 1.67. The lowest BCUT2D eigenvalue weighted by Crippen LogP contribution is -2.36. The summed E-state index contributed by atoms with van der Waals surface area (Å²) in [5, 5.41) is 11.2. The molecule has 0 atom stereocenters. The van der Waals surface area contributed by atoms with E-state index >= 15 is 0 Å². The number of hydrogen-bond acceptors (Lipinski definition) is 5. The third kappa shape index (κ3) is 3.12. The van der Waals surface area contributed by atoms with Gasteiger partial charge in [-0.15, -0.1) is 11.3 Å². The summed E-state index contributed by atoms with van der Waals surface area (Å²) in [5.41, 5.74) is 9.66. The molecule has 7 heteroatoms. The zero-order valence-corrected chi connectivity index (χ0v) is 14.6. The van der Waals surface area contributed by atoms with Crippen LogP contribution in [0.25, 0.3) is 16.2 Å². The molecule has 0 aromatic carbocycles. The molecule has 0 saturated carbocycles. The molecular formula is C18H20N4O2S. The van der Waals surface area contributed by atoms with Crippen LogP contribution >= 0.6 is 11.3 Å². The third-order valence-corrected chi connectivity index (χ3v) is 5.68. The number of carboxylic acids is 1. The van der Waals surface area contributed by atoms with Crippen LogP contribution in [0.1, 0.15) is 18.5 Å². The highest BCUT2D eigenvalue weighted by molar-refractivity contribution is 7.13. The van der Waals surface area contributed by atoms with Gasteiger partial charge in [0.15, 0.2) is 0 Å². The number of pyridine rings is 1. The van der Waals surface area contributed by atoms with E-state index in [9.17, 15) is 9.90 Å². The average molecular weight is 356 g/mol. The Balaban J connectivity index is 1.67. The van der Waals surface area contributed by atoms with Crippen LogP contribution < -0.4 is 5.73 Å². The standard InChI is InChI=1S/C18H20N4O2S/c19-13-3-4-16-20-17(15-2-1-9-25-15)14(22(16)10-13)11-21-7-5-12(6-8-21)18(23)24/h1-4,9-10,12H,5-8,11,19H2,(H,23,24). The molecule has 130 valence electrons. The lowest BCUT2D eigenvalue weighted by molar-refractivity contribution is -0.143. The van der Waals surface area contributed by atoms with Crippen molar-refractivity contribution in [1.29, 1.82) is 0 Å². The lowest BCUT2D eigenvalue weighted by Gasteiger charge is -2.30. The van der Waals surface area contributed by atoms with Crippen molar-refractivity contribution in [3.05, 3.63) is 41.5 Å². The molecule has 3 N–H and O–H groups in total. The van der Waals surface area contributed by atoms with Gasteiger partial charge in [0.25, 0.3) is 0 Å². The summed E-state index contributed by atoms with van der Waals surface area (Å²) in [6.07, 6.45) is 3.31. The quantitative estimate of drug-likeness (QED) is 0.751. The second-order valence-electron chi connectivity index (χ2n) is 6.46. The van der Waals surface area contributed by atoms with Gasteiger partial charge in [0.1, 0.15) is 11.3 Å². The van der Waals surface area contributed by atoms with Crippen LogP contribution in [0.15, 0.2) is 35.8 Å². The van der Waals surface area contributed by atoms with Crippen LogP contribution in [0, 0.1) is 5.92 Å². The topological polar surface area (TPSA) is 83.9 Å². The number of thiophene rings is 1.